The van der Waals surface area contributed by atoms with Gasteiger partial charge in [-0.1, -0.05) is 25.3 Å². The van der Waals surface area contributed by atoms with E-state index < -0.39 is 10.0 Å². The molecular formula is C28H35N7O2S. The second-order valence-electron chi connectivity index (χ2n) is 11.6. The minimum atomic E-state index is -3.11. The fourth-order valence-electron chi connectivity index (χ4n) is 6.59. The summed E-state index contributed by atoms with van der Waals surface area (Å²) in [5.74, 6) is 2.29. The van der Waals surface area contributed by atoms with Crippen LogP contribution in [0.15, 0.2) is 35.6 Å². The summed E-state index contributed by atoms with van der Waals surface area (Å²) in [6.45, 7) is 1.89. The van der Waals surface area contributed by atoms with E-state index in [0.29, 0.717) is 49.0 Å². The van der Waals surface area contributed by atoms with E-state index in [1.165, 1.54) is 25.0 Å². The molecule has 10 heteroatoms. The quantitative estimate of drug-likeness (QED) is 0.491. The average Bonchev–Trinajstić information content (AvgIpc) is 3.66. The SMILES string of the molecule is O=S(=O)(CC1CC1)N1CCC(c2ccc(Nc3ncc4cc5n(c4n3)C3(C=NC5)CCCCC3)nc2)CC1. The number of piperidine rings is 1. The molecule has 0 amide bonds. The Morgan fingerprint density at radius 2 is 1.82 bits per heavy atom. The Bertz CT molecular complexity index is 1460. The first-order chi connectivity index (χ1) is 18.5. The molecule has 4 aliphatic rings. The van der Waals surface area contributed by atoms with Crippen LogP contribution in [0.2, 0.25) is 0 Å². The maximum atomic E-state index is 12.6. The Morgan fingerprint density at radius 3 is 2.55 bits per heavy atom. The number of hydrogen-bond acceptors (Lipinski definition) is 7. The van der Waals surface area contributed by atoms with Crippen molar-refractivity contribution in [1.29, 1.82) is 0 Å². The summed E-state index contributed by atoms with van der Waals surface area (Å²) in [7, 11) is -3.11. The molecule has 9 nitrogen and oxygen atoms in total. The molecule has 38 heavy (non-hydrogen) atoms. The van der Waals surface area contributed by atoms with Crippen LogP contribution in [0.4, 0.5) is 11.8 Å². The lowest BCUT2D eigenvalue weighted by Crippen LogP contribution is -2.40. The van der Waals surface area contributed by atoms with Gasteiger partial charge in [-0.25, -0.2) is 22.7 Å². The Balaban J connectivity index is 1.05. The monoisotopic (exact) mass is 533 g/mol. The number of anilines is 2. The van der Waals surface area contributed by atoms with Crippen LogP contribution in [0.3, 0.4) is 0 Å². The van der Waals surface area contributed by atoms with E-state index in [-0.39, 0.29) is 5.54 Å². The summed E-state index contributed by atoms with van der Waals surface area (Å²) in [4.78, 5) is 18.9. The molecule has 0 radical (unpaired) electrons. The number of aliphatic imine (C=N–C) groups is 1. The van der Waals surface area contributed by atoms with Crippen LogP contribution in [0.25, 0.3) is 11.0 Å². The van der Waals surface area contributed by atoms with Crippen molar-refractivity contribution in [2.45, 2.75) is 75.8 Å². The Morgan fingerprint density at radius 1 is 1.00 bits per heavy atom. The molecule has 2 saturated carbocycles. The zero-order valence-electron chi connectivity index (χ0n) is 21.7. The van der Waals surface area contributed by atoms with Gasteiger partial charge in [0.25, 0.3) is 0 Å². The van der Waals surface area contributed by atoms with Crippen molar-refractivity contribution in [2.75, 3.05) is 24.2 Å². The highest BCUT2D eigenvalue weighted by Crippen LogP contribution is 2.40. The van der Waals surface area contributed by atoms with Gasteiger partial charge in [-0.15, -0.1) is 0 Å². The molecule has 5 heterocycles. The molecule has 3 fully saturated rings. The van der Waals surface area contributed by atoms with E-state index in [4.69, 9.17) is 9.98 Å². The van der Waals surface area contributed by atoms with Gasteiger partial charge in [0.2, 0.25) is 16.0 Å². The van der Waals surface area contributed by atoms with Crippen LogP contribution in [-0.2, 0) is 22.1 Å². The lowest BCUT2D eigenvalue weighted by atomic mass is 9.81. The second-order valence-corrected chi connectivity index (χ2v) is 13.6. The first-order valence-corrected chi connectivity index (χ1v) is 15.7. The third-order valence-corrected chi connectivity index (χ3v) is 10.9. The van der Waals surface area contributed by atoms with Crippen LogP contribution >= 0.6 is 0 Å². The van der Waals surface area contributed by atoms with Crippen molar-refractivity contribution < 1.29 is 8.42 Å². The van der Waals surface area contributed by atoms with Crippen LogP contribution in [0.1, 0.15) is 75.0 Å². The van der Waals surface area contributed by atoms with Crippen molar-refractivity contribution in [3.8, 4) is 0 Å². The van der Waals surface area contributed by atoms with Gasteiger partial charge in [0, 0.05) is 42.8 Å². The number of hydrogen-bond donors (Lipinski definition) is 1. The third kappa shape index (κ3) is 4.51. The van der Waals surface area contributed by atoms with Crippen LogP contribution in [-0.4, -0.2) is 57.3 Å². The highest BCUT2D eigenvalue weighted by molar-refractivity contribution is 7.89. The molecule has 3 aromatic rings. The van der Waals surface area contributed by atoms with Crippen molar-refractivity contribution in [3.63, 3.8) is 0 Å². The van der Waals surface area contributed by atoms with E-state index in [0.717, 1.165) is 55.1 Å². The summed E-state index contributed by atoms with van der Waals surface area (Å²) < 4.78 is 29.3. The van der Waals surface area contributed by atoms with E-state index in [2.05, 4.69) is 38.2 Å². The standard InChI is InChI=1S/C28H35N7O2S/c36-38(37,18-20-4-5-20)34-12-8-21(9-13-34)22-6-7-25(30-15-22)32-27-31-16-23-14-24-17-29-19-28(10-2-1-3-11-28)35(24)26(23)33-27/h6-7,14-16,19-21H,1-5,8-13,17-18H2,(H,30,31,32,33). The maximum absolute atomic E-state index is 12.6. The van der Waals surface area contributed by atoms with E-state index >= 15 is 0 Å². The molecule has 2 aliphatic heterocycles. The number of fused-ring (bicyclic) bond motifs is 4. The molecule has 2 aliphatic carbocycles. The number of pyridine rings is 1. The van der Waals surface area contributed by atoms with E-state index in [1.807, 2.05) is 18.5 Å². The van der Waals surface area contributed by atoms with Gasteiger partial charge >= 0.3 is 0 Å². The molecule has 1 saturated heterocycles. The van der Waals surface area contributed by atoms with E-state index in [1.54, 1.807) is 4.31 Å². The number of nitrogens with one attached hydrogen (secondary N) is 1. The first kappa shape index (κ1) is 24.2. The number of rotatable bonds is 6. The zero-order chi connectivity index (χ0) is 25.7. The summed E-state index contributed by atoms with van der Waals surface area (Å²) in [6.07, 6.45) is 15.7. The van der Waals surface area contributed by atoms with Crippen LogP contribution in [0.5, 0.6) is 0 Å². The summed E-state index contributed by atoms with van der Waals surface area (Å²) >= 11 is 0. The highest BCUT2D eigenvalue weighted by Gasteiger charge is 2.37. The molecule has 200 valence electrons. The predicted molar refractivity (Wildman–Crippen MR) is 148 cm³/mol. The molecule has 0 unspecified atom stereocenters. The van der Waals surface area contributed by atoms with Crippen molar-refractivity contribution in [1.82, 2.24) is 23.8 Å². The van der Waals surface area contributed by atoms with Gasteiger partial charge < -0.3 is 9.88 Å². The fraction of sp³-hybridized carbons (Fsp3) is 0.571. The van der Waals surface area contributed by atoms with Gasteiger partial charge in [-0.3, -0.25) is 4.99 Å². The lowest BCUT2D eigenvalue weighted by Gasteiger charge is -2.39. The number of nitrogens with zero attached hydrogens (tertiary/aromatic N) is 6. The normalized spacial score (nSPS) is 22.1. The second kappa shape index (κ2) is 9.41. The lowest BCUT2D eigenvalue weighted by molar-refractivity contribution is 0.282. The molecule has 0 atom stereocenters. The maximum Gasteiger partial charge on any atom is 0.230 e. The molecule has 3 aromatic heterocycles. The van der Waals surface area contributed by atoms with Gasteiger partial charge in [-0.05, 0) is 68.1 Å². The molecule has 0 bridgehead atoms. The third-order valence-electron chi connectivity index (χ3n) is 8.85. The first-order valence-electron chi connectivity index (χ1n) is 14.1. The smallest absolute Gasteiger partial charge is 0.230 e. The summed E-state index contributed by atoms with van der Waals surface area (Å²) in [5.41, 5.74) is 3.27. The highest BCUT2D eigenvalue weighted by atomic mass is 32.2. The number of aromatic nitrogens is 4. The Kier molecular flexibility index (Phi) is 6.00. The van der Waals surface area contributed by atoms with Crippen molar-refractivity contribution in [2.24, 2.45) is 10.9 Å². The zero-order valence-corrected chi connectivity index (χ0v) is 22.5. The summed E-state index contributed by atoms with van der Waals surface area (Å²) in [5, 5.41) is 4.35. The van der Waals surface area contributed by atoms with Crippen LogP contribution < -0.4 is 5.32 Å². The molecule has 0 aromatic carbocycles. The van der Waals surface area contributed by atoms with Crippen LogP contribution in [0, 0.1) is 5.92 Å². The average molecular weight is 534 g/mol. The molecular weight excluding hydrogens is 498 g/mol. The topological polar surface area (TPSA) is 105 Å². The molecule has 1 spiro atoms. The molecule has 1 N–H and O–H groups in total. The van der Waals surface area contributed by atoms with Crippen molar-refractivity contribution in [3.05, 3.63) is 41.9 Å². The minimum absolute atomic E-state index is 0.0636. The van der Waals surface area contributed by atoms with Gasteiger partial charge in [0.1, 0.15) is 11.5 Å². The van der Waals surface area contributed by atoms with E-state index in [9.17, 15) is 8.42 Å². The van der Waals surface area contributed by atoms with Gasteiger partial charge in [0.05, 0.1) is 17.8 Å². The summed E-state index contributed by atoms with van der Waals surface area (Å²) in [6, 6.07) is 6.25. The number of sulfonamides is 1. The predicted octanol–water partition coefficient (Wildman–Crippen LogP) is 4.73. The molecule has 7 rings (SSSR count). The van der Waals surface area contributed by atoms with Crippen molar-refractivity contribution >= 4 is 39.0 Å². The van der Waals surface area contributed by atoms with Gasteiger partial charge in [-0.2, -0.15) is 4.98 Å². The Hall–Kier alpha value is -2.85. The largest absolute Gasteiger partial charge is 0.316 e. The Labute approximate surface area is 223 Å². The van der Waals surface area contributed by atoms with Gasteiger partial charge in [0.15, 0.2) is 0 Å². The fourth-order valence-corrected chi connectivity index (χ4v) is 8.50. The minimum Gasteiger partial charge on any atom is -0.316 e.